The lowest BCUT2D eigenvalue weighted by molar-refractivity contribution is 0.586. The van der Waals surface area contributed by atoms with Crippen LogP contribution < -0.4 is 9.73 Å². The van der Waals surface area contributed by atoms with Gasteiger partial charge in [0.25, 0.3) is 0 Å². The van der Waals surface area contributed by atoms with Crippen LogP contribution in [0.2, 0.25) is 25.1 Å². The molecule has 0 fully saturated rings. The van der Waals surface area contributed by atoms with E-state index >= 15 is 0 Å². The third-order valence-corrected chi connectivity index (χ3v) is 7.98. The van der Waals surface area contributed by atoms with Gasteiger partial charge < -0.3 is 0 Å². The molecule has 1 aliphatic heterocycles. The lowest BCUT2D eigenvalue weighted by Gasteiger charge is -2.25. The van der Waals surface area contributed by atoms with E-state index < -0.39 is 10.0 Å². The number of rotatable bonds is 6. The van der Waals surface area contributed by atoms with Crippen LogP contribution in [0.4, 0.5) is 5.69 Å². The van der Waals surface area contributed by atoms with Crippen molar-refractivity contribution in [3.8, 4) is 0 Å². The minimum atomic E-state index is -3.82. The van der Waals surface area contributed by atoms with Gasteiger partial charge in [0, 0.05) is 16.5 Å². The molecule has 0 saturated heterocycles. The number of benzene rings is 3. The summed E-state index contributed by atoms with van der Waals surface area (Å²) in [5, 5.41) is 8.42. The first kappa shape index (κ1) is 24.6. The van der Waals surface area contributed by atoms with Crippen molar-refractivity contribution < 1.29 is 8.42 Å². The van der Waals surface area contributed by atoms with E-state index in [1.807, 2.05) is 12.1 Å². The average molecular weight is 564 g/mol. The zero-order valence-corrected chi connectivity index (χ0v) is 21.4. The SMILES string of the molecule is O=S(=O)(NCC1=NN(c2ccc(Cl)cc2Cl)C(c2ccc(Cl)cc2)C1)c1ccc(Cl)c(Cl)c1. The molecule has 0 saturated carbocycles. The summed E-state index contributed by atoms with van der Waals surface area (Å²) in [6, 6.07) is 16.5. The van der Waals surface area contributed by atoms with Crippen molar-refractivity contribution in [2.24, 2.45) is 5.10 Å². The van der Waals surface area contributed by atoms with Crippen molar-refractivity contribution >= 4 is 79.4 Å². The highest BCUT2D eigenvalue weighted by atomic mass is 35.5. The molecule has 1 atom stereocenters. The molecule has 172 valence electrons. The Morgan fingerprint density at radius 1 is 0.848 bits per heavy atom. The Labute approximate surface area is 216 Å². The van der Waals surface area contributed by atoms with Crippen LogP contribution >= 0.6 is 58.0 Å². The Hall–Kier alpha value is -1.51. The summed E-state index contributed by atoms with van der Waals surface area (Å²) < 4.78 is 28.1. The maximum Gasteiger partial charge on any atom is 0.240 e. The summed E-state index contributed by atoms with van der Waals surface area (Å²) in [6.45, 7) is 0.00831. The number of sulfonamides is 1. The van der Waals surface area contributed by atoms with Crippen molar-refractivity contribution in [1.82, 2.24) is 4.72 Å². The molecule has 33 heavy (non-hydrogen) atoms. The highest BCUT2D eigenvalue weighted by Crippen LogP contribution is 2.39. The molecule has 4 rings (SSSR count). The molecule has 5 nitrogen and oxygen atoms in total. The van der Waals surface area contributed by atoms with Gasteiger partial charge in [-0.05, 0) is 54.1 Å². The number of hydrogen-bond donors (Lipinski definition) is 1. The predicted molar refractivity (Wildman–Crippen MR) is 137 cm³/mol. The van der Waals surface area contributed by atoms with E-state index in [4.69, 9.17) is 58.0 Å². The molecule has 0 radical (unpaired) electrons. The Balaban J connectivity index is 1.61. The van der Waals surface area contributed by atoms with Gasteiger partial charge in [-0.3, -0.25) is 5.01 Å². The van der Waals surface area contributed by atoms with Crippen molar-refractivity contribution in [3.63, 3.8) is 0 Å². The van der Waals surface area contributed by atoms with E-state index in [9.17, 15) is 8.42 Å². The minimum Gasteiger partial charge on any atom is -0.256 e. The molecule has 1 aliphatic rings. The molecule has 0 bridgehead atoms. The van der Waals surface area contributed by atoms with Crippen LogP contribution in [0.5, 0.6) is 0 Å². The standard InChI is InChI=1S/C22H16Cl5N3O2S/c23-14-3-1-13(2-4-14)22-10-16(29-30(22)21-8-5-15(24)9-20(21)27)12-28-33(31,32)17-6-7-18(25)19(26)11-17/h1-9,11,22,28H,10,12H2. The fourth-order valence-electron chi connectivity index (χ4n) is 3.42. The Kier molecular flexibility index (Phi) is 7.46. The molecule has 0 amide bonds. The minimum absolute atomic E-state index is 0.00831. The van der Waals surface area contributed by atoms with Gasteiger partial charge in [0.2, 0.25) is 10.0 Å². The second kappa shape index (κ2) is 10.0. The zero-order valence-electron chi connectivity index (χ0n) is 16.8. The summed E-state index contributed by atoms with van der Waals surface area (Å²) in [4.78, 5) is 0.0161. The molecule has 0 aliphatic carbocycles. The van der Waals surface area contributed by atoms with Gasteiger partial charge in [-0.2, -0.15) is 5.10 Å². The summed E-state index contributed by atoms with van der Waals surface area (Å²) >= 11 is 30.4. The normalized spacial score (nSPS) is 16.2. The molecular weight excluding hydrogens is 548 g/mol. The van der Waals surface area contributed by atoms with Crippen molar-refractivity contribution in [2.75, 3.05) is 11.6 Å². The van der Waals surface area contributed by atoms with Crippen molar-refractivity contribution in [3.05, 3.63) is 91.3 Å². The smallest absolute Gasteiger partial charge is 0.240 e. The first-order valence-corrected chi connectivity index (χ1v) is 13.0. The third-order valence-electron chi connectivity index (χ3n) is 5.05. The summed E-state index contributed by atoms with van der Waals surface area (Å²) in [5.74, 6) is 0. The first-order valence-electron chi connectivity index (χ1n) is 9.65. The summed E-state index contributed by atoms with van der Waals surface area (Å²) in [5.41, 5.74) is 2.24. The topological polar surface area (TPSA) is 61.8 Å². The van der Waals surface area contributed by atoms with E-state index in [0.29, 0.717) is 32.9 Å². The van der Waals surface area contributed by atoms with Crippen LogP contribution in [-0.4, -0.2) is 20.7 Å². The van der Waals surface area contributed by atoms with Crippen LogP contribution in [0.15, 0.2) is 70.7 Å². The van der Waals surface area contributed by atoms with E-state index in [2.05, 4.69) is 9.82 Å². The van der Waals surface area contributed by atoms with E-state index in [-0.39, 0.29) is 27.5 Å². The molecule has 1 heterocycles. The van der Waals surface area contributed by atoms with Crippen molar-refractivity contribution in [2.45, 2.75) is 17.4 Å². The lowest BCUT2D eigenvalue weighted by atomic mass is 10.0. The molecule has 3 aromatic carbocycles. The third kappa shape index (κ3) is 5.60. The molecule has 0 spiro atoms. The molecule has 1 unspecified atom stereocenters. The van der Waals surface area contributed by atoms with E-state index in [1.165, 1.54) is 18.2 Å². The first-order chi connectivity index (χ1) is 15.6. The zero-order chi connectivity index (χ0) is 23.8. The Morgan fingerprint density at radius 3 is 2.21 bits per heavy atom. The van der Waals surface area contributed by atoms with Gasteiger partial charge in [-0.15, -0.1) is 0 Å². The highest BCUT2D eigenvalue weighted by Gasteiger charge is 2.31. The molecule has 0 aromatic heterocycles. The highest BCUT2D eigenvalue weighted by molar-refractivity contribution is 7.89. The maximum absolute atomic E-state index is 12.8. The average Bonchev–Trinajstić information content (AvgIpc) is 3.19. The Bertz CT molecular complexity index is 1330. The van der Waals surface area contributed by atoms with Gasteiger partial charge in [-0.25, -0.2) is 13.1 Å². The lowest BCUT2D eigenvalue weighted by Crippen LogP contribution is -2.29. The summed E-state index contributed by atoms with van der Waals surface area (Å²) in [7, 11) is -3.82. The fraction of sp³-hybridized carbons (Fsp3) is 0.136. The molecule has 1 N–H and O–H groups in total. The number of nitrogens with one attached hydrogen (secondary N) is 1. The molecule has 3 aromatic rings. The number of hydrogen-bond acceptors (Lipinski definition) is 4. The second-order valence-electron chi connectivity index (χ2n) is 7.28. The van der Waals surface area contributed by atoms with Crippen LogP contribution in [0.25, 0.3) is 0 Å². The molecule has 11 heteroatoms. The van der Waals surface area contributed by atoms with E-state index in [1.54, 1.807) is 35.3 Å². The fourth-order valence-corrected chi connectivity index (χ4v) is 5.45. The van der Waals surface area contributed by atoms with Gasteiger partial charge in [0.15, 0.2) is 0 Å². The number of halogens is 5. The largest absolute Gasteiger partial charge is 0.256 e. The number of hydrazone groups is 1. The van der Waals surface area contributed by atoms with Gasteiger partial charge in [0.1, 0.15) is 0 Å². The quantitative estimate of drug-likeness (QED) is 0.344. The van der Waals surface area contributed by atoms with Crippen LogP contribution in [-0.2, 0) is 10.0 Å². The van der Waals surface area contributed by atoms with Gasteiger partial charge in [-0.1, -0.05) is 70.1 Å². The predicted octanol–water partition coefficient (Wildman–Crippen LogP) is 7.24. The second-order valence-corrected chi connectivity index (χ2v) is 11.1. The monoisotopic (exact) mass is 561 g/mol. The number of anilines is 1. The van der Waals surface area contributed by atoms with Crippen LogP contribution in [0.1, 0.15) is 18.0 Å². The van der Waals surface area contributed by atoms with Gasteiger partial charge >= 0.3 is 0 Å². The number of nitrogens with zero attached hydrogens (tertiary/aromatic N) is 2. The summed E-state index contributed by atoms with van der Waals surface area (Å²) in [6.07, 6.45) is 0.477. The Morgan fingerprint density at radius 2 is 1.55 bits per heavy atom. The molecular formula is C22H16Cl5N3O2S. The van der Waals surface area contributed by atoms with E-state index in [0.717, 1.165) is 5.56 Å². The maximum atomic E-state index is 12.8. The van der Waals surface area contributed by atoms with Crippen LogP contribution in [0, 0.1) is 0 Å². The van der Waals surface area contributed by atoms with Crippen molar-refractivity contribution in [1.29, 1.82) is 0 Å². The van der Waals surface area contributed by atoms with Gasteiger partial charge in [0.05, 0.1) is 43.9 Å². The van der Waals surface area contributed by atoms with Crippen LogP contribution in [0.3, 0.4) is 0 Å².